The van der Waals surface area contributed by atoms with Gasteiger partial charge in [0.1, 0.15) is 12.2 Å². The van der Waals surface area contributed by atoms with Gasteiger partial charge < -0.3 is 28.8 Å². The highest BCUT2D eigenvalue weighted by molar-refractivity contribution is 5.70. The van der Waals surface area contributed by atoms with Gasteiger partial charge in [0.15, 0.2) is 0 Å². The molecule has 0 amide bonds. The van der Waals surface area contributed by atoms with Crippen LogP contribution in [0.5, 0.6) is 0 Å². The average molecular weight is 467 g/mol. The maximum atomic E-state index is 11.6. The summed E-state index contributed by atoms with van der Waals surface area (Å²) in [5, 5.41) is 9.95. The van der Waals surface area contributed by atoms with Crippen molar-refractivity contribution in [3.8, 4) is 0 Å². The zero-order valence-electron chi connectivity index (χ0n) is 21.3. The molecule has 9 atom stereocenters. The molecule has 7 nitrogen and oxygen atoms in total. The first-order valence-corrected chi connectivity index (χ1v) is 11.7. The van der Waals surface area contributed by atoms with E-state index in [1.807, 2.05) is 31.2 Å². The Morgan fingerprint density at radius 2 is 1.91 bits per heavy atom. The van der Waals surface area contributed by atoms with Gasteiger partial charge in [0.2, 0.25) is 0 Å². The van der Waals surface area contributed by atoms with Gasteiger partial charge in [0, 0.05) is 20.1 Å². The highest BCUT2D eigenvalue weighted by Crippen LogP contribution is 2.47. The fraction of sp³-hybridized carbons (Fsp3) is 0.731. The third kappa shape index (κ3) is 7.49. The molecule has 1 N–H and O–H groups in total. The van der Waals surface area contributed by atoms with Crippen molar-refractivity contribution >= 4 is 5.97 Å². The summed E-state index contributed by atoms with van der Waals surface area (Å²) in [6, 6.07) is 0. The molecule has 0 saturated carbocycles. The molecular weight excluding hydrogens is 424 g/mol. The van der Waals surface area contributed by atoms with Crippen molar-refractivity contribution in [1.29, 1.82) is 0 Å². The van der Waals surface area contributed by atoms with Crippen LogP contribution in [0.1, 0.15) is 47.5 Å². The number of hydrogen-bond donors (Lipinski definition) is 1. The highest BCUT2D eigenvalue weighted by Gasteiger charge is 2.56. The summed E-state index contributed by atoms with van der Waals surface area (Å²) in [5.41, 5.74) is 0.803. The summed E-state index contributed by atoms with van der Waals surface area (Å²) >= 11 is 0. The lowest BCUT2D eigenvalue weighted by molar-refractivity contribution is -0.145. The molecule has 0 spiro atoms. The zero-order valence-corrected chi connectivity index (χ0v) is 21.3. The second kappa shape index (κ2) is 12.3. The normalized spacial score (nSPS) is 33.5. The number of aliphatic hydroxyl groups excluding tert-OH is 1. The van der Waals surface area contributed by atoms with Crippen LogP contribution in [0.25, 0.3) is 0 Å². The van der Waals surface area contributed by atoms with E-state index in [4.69, 9.17) is 23.7 Å². The third-order valence-electron chi connectivity index (χ3n) is 6.66. The van der Waals surface area contributed by atoms with Gasteiger partial charge in [-0.1, -0.05) is 44.2 Å². The number of ether oxygens (including phenoxy) is 5. The summed E-state index contributed by atoms with van der Waals surface area (Å²) in [6.45, 7) is 10.1. The van der Waals surface area contributed by atoms with Crippen LogP contribution in [0.4, 0.5) is 0 Å². The molecule has 188 valence electrons. The fourth-order valence-electron chi connectivity index (χ4n) is 4.88. The van der Waals surface area contributed by atoms with E-state index in [1.165, 1.54) is 7.11 Å². The van der Waals surface area contributed by atoms with E-state index in [2.05, 4.69) is 26.8 Å². The molecule has 2 heterocycles. The molecule has 0 aliphatic carbocycles. The van der Waals surface area contributed by atoms with Crippen molar-refractivity contribution in [2.24, 2.45) is 11.8 Å². The first-order valence-electron chi connectivity index (χ1n) is 11.7. The second-order valence-electron chi connectivity index (χ2n) is 9.59. The molecule has 2 aliphatic heterocycles. The third-order valence-corrected chi connectivity index (χ3v) is 6.66. The van der Waals surface area contributed by atoms with Crippen LogP contribution in [0.3, 0.4) is 0 Å². The van der Waals surface area contributed by atoms with Crippen molar-refractivity contribution in [2.75, 3.05) is 21.3 Å². The van der Waals surface area contributed by atoms with Crippen LogP contribution in [-0.2, 0) is 28.5 Å². The van der Waals surface area contributed by atoms with Gasteiger partial charge in [0.25, 0.3) is 0 Å². The van der Waals surface area contributed by atoms with Gasteiger partial charge in [0.05, 0.1) is 43.5 Å². The Balaban J connectivity index is 1.94. The standard InChI is InChI=1S/C26H42O7/c1-16(15-26(5)25(33-26)18(3)24(31-8)19(4)27)10-9-11-17(2)23-21(29-6)13-12-20(32-23)14-22(28)30-7/h9-13,16,18-21,23-25,27H,14-15H2,1-8H3/b10-9+,17-11+/t16-,18-,19-,20-,21-,23-,24-,25-,26-/m1/s1. The van der Waals surface area contributed by atoms with E-state index in [9.17, 15) is 9.90 Å². The quantitative estimate of drug-likeness (QED) is 0.203. The number of allylic oxidation sites excluding steroid dienone is 3. The lowest BCUT2D eigenvalue weighted by Gasteiger charge is -2.32. The Morgan fingerprint density at radius 1 is 1.21 bits per heavy atom. The van der Waals surface area contributed by atoms with Crippen molar-refractivity contribution in [3.05, 3.63) is 36.0 Å². The zero-order chi connectivity index (χ0) is 24.8. The molecule has 0 aromatic heterocycles. The molecule has 0 unspecified atom stereocenters. The van der Waals surface area contributed by atoms with Crippen molar-refractivity contribution in [1.82, 2.24) is 0 Å². The molecule has 1 fully saturated rings. The van der Waals surface area contributed by atoms with Crippen LogP contribution < -0.4 is 0 Å². The van der Waals surface area contributed by atoms with Crippen molar-refractivity contribution in [3.63, 3.8) is 0 Å². The van der Waals surface area contributed by atoms with E-state index >= 15 is 0 Å². The predicted molar refractivity (Wildman–Crippen MR) is 127 cm³/mol. The molecule has 0 bridgehead atoms. The Bertz CT molecular complexity index is 728. The molecule has 2 rings (SSSR count). The second-order valence-corrected chi connectivity index (χ2v) is 9.59. The van der Waals surface area contributed by atoms with E-state index in [0.717, 1.165) is 12.0 Å². The minimum Gasteiger partial charge on any atom is -0.469 e. The molecule has 0 aromatic rings. The average Bonchev–Trinajstić information content (AvgIpc) is 3.43. The maximum Gasteiger partial charge on any atom is 0.308 e. The highest BCUT2D eigenvalue weighted by atomic mass is 16.6. The van der Waals surface area contributed by atoms with Crippen molar-refractivity contribution in [2.45, 2.75) is 89.7 Å². The van der Waals surface area contributed by atoms with Crippen LogP contribution in [-0.4, -0.2) is 74.6 Å². The summed E-state index contributed by atoms with van der Waals surface area (Å²) in [4.78, 5) is 11.6. The van der Waals surface area contributed by atoms with E-state index in [-0.39, 0.29) is 54.4 Å². The number of carbonyl (C=O) groups excluding carboxylic acids is 1. The molecular formula is C26H42O7. The Hall–Kier alpha value is -1.51. The summed E-state index contributed by atoms with van der Waals surface area (Å²) in [7, 11) is 4.66. The molecule has 0 radical (unpaired) electrons. The lowest BCUT2D eigenvalue weighted by Crippen LogP contribution is -2.38. The molecule has 0 aromatic carbocycles. The van der Waals surface area contributed by atoms with E-state index < -0.39 is 6.10 Å². The number of carbonyl (C=O) groups is 1. The Labute approximate surface area is 198 Å². The Morgan fingerprint density at radius 3 is 2.48 bits per heavy atom. The van der Waals surface area contributed by atoms with Crippen LogP contribution in [0, 0.1) is 11.8 Å². The maximum absolute atomic E-state index is 11.6. The monoisotopic (exact) mass is 466 g/mol. The Kier molecular flexibility index (Phi) is 10.3. The number of esters is 1. The number of aliphatic hydroxyl groups is 1. The minimum absolute atomic E-state index is 0.0711. The van der Waals surface area contributed by atoms with Crippen molar-refractivity contribution < 1.29 is 33.6 Å². The van der Waals surface area contributed by atoms with Crippen LogP contribution >= 0.6 is 0 Å². The van der Waals surface area contributed by atoms with Crippen LogP contribution in [0.15, 0.2) is 36.0 Å². The van der Waals surface area contributed by atoms with E-state index in [0.29, 0.717) is 5.92 Å². The number of methoxy groups -OCH3 is 3. The summed E-state index contributed by atoms with van der Waals surface area (Å²) in [6.07, 6.45) is 9.58. The summed E-state index contributed by atoms with van der Waals surface area (Å²) in [5.74, 6) is 0.114. The number of rotatable bonds is 12. The number of hydrogen-bond acceptors (Lipinski definition) is 7. The predicted octanol–water partition coefficient (Wildman–Crippen LogP) is 3.61. The van der Waals surface area contributed by atoms with Gasteiger partial charge >= 0.3 is 5.97 Å². The first-order chi connectivity index (χ1) is 15.6. The molecule has 2 aliphatic rings. The molecule has 1 saturated heterocycles. The lowest BCUT2D eigenvalue weighted by atomic mass is 9.86. The van der Waals surface area contributed by atoms with Gasteiger partial charge in [-0.3, -0.25) is 4.79 Å². The topological polar surface area (TPSA) is 86.8 Å². The number of epoxide rings is 1. The van der Waals surface area contributed by atoms with Gasteiger partial charge in [-0.25, -0.2) is 0 Å². The minimum atomic E-state index is -0.538. The SMILES string of the molecule is COC(=O)C[C@H]1C=C[C@@H](OC)[C@@H](/C(C)=C/C=C/[C@@H](C)C[C@@]2(C)O[C@@H]2[C@H](C)[C@@H](OC)[C@@H](C)O)O1. The van der Waals surface area contributed by atoms with Gasteiger partial charge in [-0.15, -0.1) is 0 Å². The van der Waals surface area contributed by atoms with E-state index in [1.54, 1.807) is 21.1 Å². The summed E-state index contributed by atoms with van der Waals surface area (Å²) < 4.78 is 27.9. The molecule has 33 heavy (non-hydrogen) atoms. The van der Waals surface area contributed by atoms with Gasteiger partial charge in [-0.05, 0) is 38.7 Å². The molecule has 7 heteroatoms. The largest absolute Gasteiger partial charge is 0.469 e. The van der Waals surface area contributed by atoms with Gasteiger partial charge in [-0.2, -0.15) is 0 Å². The first kappa shape index (κ1) is 27.7. The van der Waals surface area contributed by atoms with Crippen LogP contribution in [0.2, 0.25) is 0 Å². The smallest absolute Gasteiger partial charge is 0.308 e. The fourth-order valence-corrected chi connectivity index (χ4v) is 4.88.